The number of carbonyl (C=O) groups is 1. The van der Waals surface area contributed by atoms with Gasteiger partial charge in [0.05, 0.1) is 16.9 Å². The maximum absolute atomic E-state index is 14.3. The standard InChI is InChI=1S/C15H16BF2N3O2/c1-16-8-4-5-11(10(17)6-8)20-13-9(14(22)19-2)7-21(3)15(23)12(13)18/h4-7,16,20H,1-3H3,(H,19,22). The Bertz CT molecular complexity index is 821. The molecule has 2 N–H and O–H groups in total. The van der Waals surface area contributed by atoms with E-state index in [4.69, 9.17) is 0 Å². The van der Waals surface area contributed by atoms with Gasteiger partial charge < -0.3 is 15.2 Å². The van der Waals surface area contributed by atoms with E-state index in [0.29, 0.717) is 7.28 Å². The van der Waals surface area contributed by atoms with Gasteiger partial charge in [0.1, 0.15) is 5.82 Å². The molecule has 1 heterocycles. The first-order valence-corrected chi connectivity index (χ1v) is 7.05. The van der Waals surface area contributed by atoms with Crippen LogP contribution in [0.1, 0.15) is 10.4 Å². The monoisotopic (exact) mass is 319 g/mol. The van der Waals surface area contributed by atoms with Crippen molar-refractivity contribution in [3.8, 4) is 0 Å². The minimum absolute atomic E-state index is 0.0143. The summed E-state index contributed by atoms with van der Waals surface area (Å²) in [5.74, 6) is -2.33. The zero-order valence-electron chi connectivity index (χ0n) is 13.0. The number of aryl methyl sites for hydroxylation is 1. The number of carbonyl (C=O) groups excluding carboxylic acids is 1. The molecule has 1 aromatic heterocycles. The smallest absolute Gasteiger partial charge is 0.288 e. The number of amides is 1. The molecule has 0 bridgehead atoms. The molecule has 5 nitrogen and oxygen atoms in total. The predicted octanol–water partition coefficient (Wildman–Crippen LogP) is 0.877. The molecule has 120 valence electrons. The minimum atomic E-state index is -1.15. The highest BCUT2D eigenvalue weighted by Crippen LogP contribution is 2.24. The Labute approximate surface area is 132 Å². The van der Waals surface area contributed by atoms with Crippen molar-refractivity contribution in [3.05, 3.63) is 51.9 Å². The molecule has 0 spiro atoms. The number of hydrogen-bond donors (Lipinski definition) is 2. The van der Waals surface area contributed by atoms with Gasteiger partial charge in [0, 0.05) is 20.3 Å². The summed E-state index contributed by atoms with van der Waals surface area (Å²) in [6.45, 7) is 1.88. The maximum atomic E-state index is 14.3. The molecule has 0 radical (unpaired) electrons. The first kappa shape index (κ1) is 16.7. The van der Waals surface area contributed by atoms with Crippen molar-refractivity contribution >= 4 is 30.0 Å². The van der Waals surface area contributed by atoms with Crippen LogP contribution in [0.15, 0.2) is 29.2 Å². The number of anilines is 2. The Morgan fingerprint density at radius 3 is 2.57 bits per heavy atom. The van der Waals surface area contributed by atoms with Crippen LogP contribution in [0.25, 0.3) is 0 Å². The summed E-state index contributed by atoms with van der Waals surface area (Å²) in [5, 5.41) is 4.88. The first-order chi connectivity index (χ1) is 10.9. The molecule has 0 aliphatic heterocycles. The number of halogens is 2. The van der Waals surface area contributed by atoms with Crippen molar-refractivity contribution in [2.45, 2.75) is 6.82 Å². The fourth-order valence-corrected chi connectivity index (χ4v) is 2.14. The van der Waals surface area contributed by atoms with Gasteiger partial charge in [-0.1, -0.05) is 18.4 Å². The highest BCUT2D eigenvalue weighted by molar-refractivity contribution is 6.51. The molecule has 1 aromatic carbocycles. The van der Waals surface area contributed by atoms with Crippen LogP contribution in [-0.2, 0) is 7.05 Å². The summed E-state index contributed by atoms with van der Waals surface area (Å²) in [6.07, 6.45) is 1.20. The van der Waals surface area contributed by atoms with Crippen LogP contribution < -0.4 is 21.7 Å². The van der Waals surface area contributed by atoms with Gasteiger partial charge in [-0.15, -0.1) is 0 Å². The Morgan fingerprint density at radius 1 is 1.30 bits per heavy atom. The number of nitrogens with zero attached hydrogens (tertiary/aromatic N) is 1. The third-order valence-corrected chi connectivity index (χ3v) is 3.49. The zero-order chi connectivity index (χ0) is 17.1. The molecule has 0 aliphatic carbocycles. The molecule has 8 heteroatoms. The van der Waals surface area contributed by atoms with Crippen molar-refractivity contribution < 1.29 is 13.6 Å². The fourth-order valence-electron chi connectivity index (χ4n) is 2.14. The highest BCUT2D eigenvalue weighted by Gasteiger charge is 2.20. The molecule has 0 saturated carbocycles. The van der Waals surface area contributed by atoms with Gasteiger partial charge >= 0.3 is 0 Å². The van der Waals surface area contributed by atoms with Gasteiger partial charge in [0.25, 0.3) is 11.5 Å². The van der Waals surface area contributed by atoms with E-state index in [1.54, 1.807) is 6.07 Å². The van der Waals surface area contributed by atoms with E-state index in [1.807, 2.05) is 6.82 Å². The van der Waals surface area contributed by atoms with E-state index in [2.05, 4.69) is 10.6 Å². The van der Waals surface area contributed by atoms with Crippen LogP contribution in [-0.4, -0.2) is 24.8 Å². The van der Waals surface area contributed by atoms with Crippen LogP contribution in [0.4, 0.5) is 20.2 Å². The largest absolute Gasteiger partial charge is 0.355 e. The summed E-state index contributed by atoms with van der Waals surface area (Å²) in [5.41, 5.74) is -0.587. The minimum Gasteiger partial charge on any atom is -0.355 e. The summed E-state index contributed by atoms with van der Waals surface area (Å²) >= 11 is 0. The van der Waals surface area contributed by atoms with Crippen LogP contribution >= 0.6 is 0 Å². The SMILES string of the molecule is CBc1ccc(Nc2c(C(=O)NC)cn(C)c(=O)c2F)c(F)c1. The molecule has 0 atom stereocenters. The Kier molecular flexibility index (Phi) is 4.83. The van der Waals surface area contributed by atoms with E-state index in [1.165, 1.54) is 32.4 Å². The molecule has 0 fully saturated rings. The zero-order valence-corrected chi connectivity index (χ0v) is 13.0. The van der Waals surface area contributed by atoms with Crippen LogP contribution in [0.2, 0.25) is 6.82 Å². The first-order valence-electron chi connectivity index (χ1n) is 7.05. The second-order valence-electron chi connectivity index (χ2n) is 5.02. The van der Waals surface area contributed by atoms with Crippen LogP contribution in [0, 0.1) is 11.6 Å². The molecular formula is C15H16BF2N3O2. The summed E-state index contributed by atoms with van der Waals surface area (Å²) < 4.78 is 29.3. The van der Waals surface area contributed by atoms with Crippen LogP contribution in [0.5, 0.6) is 0 Å². The number of aromatic nitrogens is 1. The van der Waals surface area contributed by atoms with Crippen molar-refractivity contribution in [1.82, 2.24) is 9.88 Å². The lowest BCUT2D eigenvalue weighted by atomic mass is 9.73. The second-order valence-corrected chi connectivity index (χ2v) is 5.02. The average Bonchev–Trinajstić information content (AvgIpc) is 2.55. The molecule has 2 aromatic rings. The molecule has 23 heavy (non-hydrogen) atoms. The molecule has 2 rings (SSSR count). The van der Waals surface area contributed by atoms with Gasteiger partial charge in [-0.3, -0.25) is 9.59 Å². The van der Waals surface area contributed by atoms with E-state index < -0.39 is 23.1 Å². The van der Waals surface area contributed by atoms with Gasteiger partial charge in [-0.2, -0.15) is 4.39 Å². The van der Waals surface area contributed by atoms with E-state index in [-0.39, 0.29) is 16.9 Å². The highest BCUT2D eigenvalue weighted by atomic mass is 19.1. The fraction of sp³-hybridized carbons (Fsp3) is 0.200. The molecule has 1 amide bonds. The molecular weight excluding hydrogens is 303 g/mol. The lowest BCUT2D eigenvalue weighted by Gasteiger charge is -2.14. The summed E-state index contributed by atoms with van der Waals surface area (Å²) in [7, 11) is 3.37. The quantitative estimate of drug-likeness (QED) is 0.822. The number of pyridine rings is 1. The van der Waals surface area contributed by atoms with Crippen molar-refractivity contribution in [1.29, 1.82) is 0 Å². The van der Waals surface area contributed by atoms with Gasteiger partial charge in [0.2, 0.25) is 5.82 Å². The third kappa shape index (κ3) is 3.25. The summed E-state index contributed by atoms with van der Waals surface area (Å²) in [4.78, 5) is 23.6. The van der Waals surface area contributed by atoms with Crippen molar-refractivity contribution in [3.63, 3.8) is 0 Å². The predicted molar refractivity (Wildman–Crippen MR) is 87.4 cm³/mol. The van der Waals surface area contributed by atoms with Crippen molar-refractivity contribution in [2.75, 3.05) is 12.4 Å². The number of benzene rings is 1. The van der Waals surface area contributed by atoms with E-state index in [9.17, 15) is 18.4 Å². The van der Waals surface area contributed by atoms with Gasteiger partial charge in [0.15, 0.2) is 7.28 Å². The normalized spacial score (nSPS) is 10.3. The lowest BCUT2D eigenvalue weighted by molar-refractivity contribution is 0.0962. The third-order valence-electron chi connectivity index (χ3n) is 3.49. The van der Waals surface area contributed by atoms with Crippen molar-refractivity contribution in [2.24, 2.45) is 7.05 Å². The van der Waals surface area contributed by atoms with Crippen LogP contribution in [0.3, 0.4) is 0 Å². The molecule has 0 aliphatic rings. The topological polar surface area (TPSA) is 63.1 Å². The Morgan fingerprint density at radius 2 is 2.00 bits per heavy atom. The number of hydrogen-bond acceptors (Lipinski definition) is 3. The summed E-state index contributed by atoms with van der Waals surface area (Å²) in [6, 6.07) is 4.45. The molecule has 0 unspecified atom stereocenters. The number of rotatable bonds is 4. The van der Waals surface area contributed by atoms with Gasteiger partial charge in [-0.05, 0) is 12.1 Å². The van der Waals surface area contributed by atoms with E-state index in [0.717, 1.165) is 10.0 Å². The molecule has 0 saturated heterocycles. The lowest BCUT2D eigenvalue weighted by Crippen LogP contribution is -2.27. The Balaban J connectivity index is 2.57. The maximum Gasteiger partial charge on any atom is 0.288 e. The van der Waals surface area contributed by atoms with Gasteiger partial charge in [-0.25, -0.2) is 4.39 Å². The number of nitrogens with one attached hydrogen (secondary N) is 2. The second kappa shape index (κ2) is 6.64. The average molecular weight is 319 g/mol. The Hall–Kier alpha value is -2.64. The van der Waals surface area contributed by atoms with E-state index >= 15 is 0 Å².